The van der Waals surface area contributed by atoms with E-state index in [1.54, 1.807) is 7.11 Å². The van der Waals surface area contributed by atoms with Gasteiger partial charge >= 0.3 is 0 Å². The summed E-state index contributed by atoms with van der Waals surface area (Å²) in [5, 5.41) is 9.48. The normalized spacial score (nSPS) is 18.3. The van der Waals surface area contributed by atoms with Gasteiger partial charge in [-0.3, -0.25) is 0 Å². The third kappa shape index (κ3) is 1.72. The highest BCUT2D eigenvalue weighted by atomic mass is 16.5. The van der Waals surface area contributed by atoms with Crippen LogP contribution < -0.4 is 4.74 Å². The Morgan fingerprint density at radius 2 is 2.20 bits per heavy atom. The molecule has 0 unspecified atom stereocenters. The van der Waals surface area contributed by atoms with Gasteiger partial charge < -0.3 is 9.84 Å². The van der Waals surface area contributed by atoms with E-state index < -0.39 is 0 Å². The van der Waals surface area contributed by atoms with Crippen LogP contribution in [0.25, 0.3) is 0 Å². The maximum atomic E-state index is 9.48. The molecule has 1 saturated carbocycles. The number of hydrogen-bond acceptors (Lipinski definition) is 3. The SMILES string of the molecule is COc1cc(C2(CO)CCC2)cc(C)n1. The van der Waals surface area contributed by atoms with E-state index in [9.17, 15) is 5.11 Å². The summed E-state index contributed by atoms with van der Waals surface area (Å²) in [6.45, 7) is 2.18. The number of aliphatic hydroxyl groups excluding tert-OH is 1. The molecule has 1 aliphatic carbocycles. The van der Waals surface area contributed by atoms with Gasteiger partial charge in [-0.15, -0.1) is 0 Å². The van der Waals surface area contributed by atoms with Gasteiger partial charge in [0.2, 0.25) is 5.88 Å². The molecule has 1 N–H and O–H groups in total. The second-order valence-corrected chi connectivity index (χ2v) is 4.33. The molecule has 0 bridgehead atoms. The van der Waals surface area contributed by atoms with Crippen molar-refractivity contribution < 1.29 is 9.84 Å². The lowest BCUT2D eigenvalue weighted by atomic mass is 9.65. The lowest BCUT2D eigenvalue weighted by molar-refractivity contribution is 0.120. The van der Waals surface area contributed by atoms with Crippen LogP contribution in [0.3, 0.4) is 0 Å². The molecule has 1 aromatic rings. The third-order valence-electron chi connectivity index (χ3n) is 3.36. The molecule has 0 aliphatic heterocycles. The van der Waals surface area contributed by atoms with Crippen molar-refractivity contribution in [1.29, 1.82) is 0 Å². The molecule has 1 aromatic heterocycles. The molecular weight excluding hydrogens is 190 g/mol. The first kappa shape index (κ1) is 10.4. The minimum atomic E-state index is -0.0268. The summed E-state index contributed by atoms with van der Waals surface area (Å²) in [7, 11) is 1.62. The summed E-state index contributed by atoms with van der Waals surface area (Å²) in [6, 6.07) is 4.00. The number of aryl methyl sites for hydroxylation is 1. The van der Waals surface area contributed by atoms with Crippen LogP contribution in [0.15, 0.2) is 12.1 Å². The van der Waals surface area contributed by atoms with Crippen LogP contribution in [0.5, 0.6) is 5.88 Å². The summed E-state index contributed by atoms with van der Waals surface area (Å²) in [5.74, 6) is 0.643. The molecule has 3 nitrogen and oxygen atoms in total. The van der Waals surface area contributed by atoms with E-state index in [1.165, 1.54) is 12.0 Å². The van der Waals surface area contributed by atoms with E-state index in [-0.39, 0.29) is 12.0 Å². The van der Waals surface area contributed by atoms with Crippen molar-refractivity contribution in [3.05, 3.63) is 23.4 Å². The first-order chi connectivity index (χ1) is 7.20. The molecule has 2 rings (SSSR count). The van der Waals surface area contributed by atoms with E-state index in [0.29, 0.717) is 5.88 Å². The maximum Gasteiger partial charge on any atom is 0.213 e. The van der Waals surface area contributed by atoms with Crippen molar-refractivity contribution in [1.82, 2.24) is 4.98 Å². The molecule has 15 heavy (non-hydrogen) atoms. The van der Waals surface area contributed by atoms with E-state index in [1.807, 2.05) is 13.0 Å². The molecule has 82 valence electrons. The predicted octanol–water partition coefficient (Wildman–Crippen LogP) is 1.81. The largest absolute Gasteiger partial charge is 0.481 e. The minimum Gasteiger partial charge on any atom is -0.481 e. The number of hydrogen-bond donors (Lipinski definition) is 1. The number of aromatic nitrogens is 1. The van der Waals surface area contributed by atoms with Crippen molar-refractivity contribution >= 4 is 0 Å². The van der Waals surface area contributed by atoms with Crippen molar-refractivity contribution in [2.24, 2.45) is 0 Å². The fourth-order valence-corrected chi connectivity index (χ4v) is 2.19. The number of ether oxygens (including phenoxy) is 1. The summed E-state index contributed by atoms with van der Waals surface area (Å²) in [5.41, 5.74) is 2.09. The Hall–Kier alpha value is -1.09. The Morgan fingerprint density at radius 1 is 1.47 bits per heavy atom. The van der Waals surface area contributed by atoms with E-state index >= 15 is 0 Å². The molecule has 1 fully saturated rings. The molecule has 0 aromatic carbocycles. The number of aliphatic hydroxyl groups is 1. The van der Waals surface area contributed by atoms with Crippen molar-refractivity contribution in [3.63, 3.8) is 0 Å². The van der Waals surface area contributed by atoms with Crippen LogP contribution in [-0.4, -0.2) is 23.8 Å². The van der Waals surface area contributed by atoms with Gasteiger partial charge in [-0.25, -0.2) is 4.98 Å². The Balaban J connectivity index is 2.38. The molecule has 0 amide bonds. The zero-order valence-corrected chi connectivity index (χ0v) is 9.29. The van der Waals surface area contributed by atoms with Gasteiger partial charge in [0.15, 0.2) is 0 Å². The molecular formula is C12H17NO2. The zero-order chi connectivity index (χ0) is 10.9. The van der Waals surface area contributed by atoms with Gasteiger partial charge in [-0.1, -0.05) is 6.42 Å². The Morgan fingerprint density at radius 3 is 2.67 bits per heavy atom. The lowest BCUT2D eigenvalue weighted by Crippen LogP contribution is -2.38. The van der Waals surface area contributed by atoms with Gasteiger partial charge in [0.25, 0.3) is 0 Å². The van der Waals surface area contributed by atoms with Gasteiger partial charge in [0, 0.05) is 17.2 Å². The highest BCUT2D eigenvalue weighted by molar-refractivity contribution is 5.33. The van der Waals surface area contributed by atoms with Gasteiger partial charge in [-0.2, -0.15) is 0 Å². The Labute approximate surface area is 90.1 Å². The summed E-state index contributed by atoms with van der Waals surface area (Å²) >= 11 is 0. The number of methoxy groups -OCH3 is 1. The molecule has 1 aliphatic rings. The molecule has 3 heteroatoms. The van der Waals surface area contributed by atoms with E-state index in [4.69, 9.17) is 4.74 Å². The van der Waals surface area contributed by atoms with Crippen LogP contribution in [0.4, 0.5) is 0 Å². The average molecular weight is 207 g/mol. The molecule has 0 saturated heterocycles. The quantitative estimate of drug-likeness (QED) is 0.822. The fourth-order valence-electron chi connectivity index (χ4n) is 2.19. The summed E-state index contributed by atoms with van der Waals surface area (Å²) < 4.78 is 5.15. The second kappa shape index (κ2) is 3.81. The van der Waals surface area contributed by atoms with Crippen LogP contribution in [0.1, 0.15) is 30.5 Å². The smallest absolute Gasteiger partial charge is 0.213 e. The van der Waals surface area contributed by atoms with E-state index in [0.717, 1.165) is 18.5 Å². The van der Waals surface area contributed by atoms with Crippen LogP contribution >= 0.6 is 0 Å². The maximum absolute atomic E-state index is 9.48. The standard InChI is InChI=1S/C12H17NO2/c1-9-6-10(7-11(13-9)15-2)12(8-14)4-3-5-12/h6-7,14H,3-5,8H2,1-2H3. The van der Waals surface area contributed by atoms with Gasteiger partial charge in [-0.05, 0) is 31.4 Å². The van der Waals surface area contributed by atoms with E-state index in [2.05, 4.69) is 11.1 Å². The molecule has 1 heterocycles. The van der Waals surface area contributed by atoms with Gasteiger partial charge in [0.1, 0.15) is 0 Å². The first-order valence-electron chi connectivity index (χ1n) is 5.34. The average Bonchev–Trinajstić information content (AvgIpc) is 2.16. The minimum absolute atomic E-state index is 0.0268. The monoisotopic (exact) mass is 207 g/mol. The van der Waals surface area contributed by atoms with Crippen molar-refractivity contribution in [3.8, 4) is 5.88 Å². The molecule has 0 spiro atoms. The summed E-state index contributed by atoms with van der Waals surface area (Å²) in [4.78, 5) is 4.25. The first-order valence-corrected chi connectivity index (χ1v) is 5.34. The second-order valence-electron chi connectivity index (χ2n) is 4.33. The number of pyridine rings is 1. The fraction of sp³-hybridized carbons (Fsp3) is 0.583. The highest BCUT2D eigenvalue weighted by Gasteiger charge is 2.38. The highest BCUT2D eigenvalue weighted by Crippen LogP contribution is 2.43. The van der Waals surface area contributed by atoms with Crippen LogP contribution in [0, 0.1) is 6.92 Å². The molecule has 0 radical (unpaired) electrons. The Bertz CT molecular complexity index is 353. The van der Waals surface area contributed by atoms with Gasteiger partial charge in [0.05, 0.1) is 13.7 Å². The predicted molar refractivity (Wildman–Crippen MR) is 58.1 cm³/mol. The summed E-state index contributed by atoms with van der Waals surface area (Å²) in [6.07, 6.45) is 3.33. The number of nitrogens with zero attached hydrogens (tertiary/aromatic N) is 1. The topological polar surface area (TPSA) is 42.4 Å². The van der Waals surface area contributed by atoms with Crippen molar-refractivity contribution in [2.45, 2.75) is 31.6 Å². The molecule has 0 atom stereocenters. The van der Waals surface area contributed by atoms with Crippen molar-refractivity contribution in [2.75, 3.05) is 13.7 Å². The Kier molecular flexibility index (Phi) is 2.65. The van der Waals surface area contributed by atoms with Crippen LogP contribution in [-0.2, 0) is 5.41 Å². The lowest BCUT2D eigenvalue weighted by Gasteiger charge is -2.41. The van der Waals surface area contributed by atoms with Crippen LogP contribution in [0.2, 0.25) is 0 Å². The zero-order valence-electron chi connectivity index (χ0n) is 9.29. The third-order valence-corrected chi connectivity index (χ3v) is 3.36. The number of rotatable bonds is 3.